The molecule has 0 aliphatic heterocycles. The van der Waals surface area contributed by atoms with Crippen molar-refractivity contribution in [1.29, 1.82) is 0 Å². The van der Waals surface area contributed by atoms with Crippen LogP contribution in [-0.4, -0.2) is 19.4 Å². The fourth-order valence-corrected chi connectivity index (χ4v) is 1.24. The fourth-order valence-electron chi connectivity index (χ4n) is 1.24. The standard InChI is InChI=1S/C13H19NO2/c1-4-5-10-16-14-11(2)12-6-8-13(15-3)9-7-12/h6-9H,4-5,10H2,1-3H3/b14-11+. The molecule has 88 valence electrons. The first-order valence-electron chi connectivity index (χ1n) is 5.59. The van der Waals surface area contributed by atoms with Gasteiger partial charge in [-0.05, 0) is 43.2 Å². The average Bonchev–Trinajstić information content (AvgIpc) is 2.34. The topological polar surface area (TPSA) is 30.8 Å². The number of ether oxygens (including phenoxy) is 1. The minimum Gasteiger partial charge on any atom is -0.497 e. The summed E-state index contributed by atoms with van der Waals surface area (Å²) in [5.41, 5.74) is 1.94. The molecule has 0 saturated carbocycles. The normalized spacial score (nSPS) is 11.3. The minimum atomic E-state index is 0.685. The molecule has 0 radical (unpaired) electrons. The summed E-state index contributed by atoms with van der Waals surface area (Å²) in [5, 5.41) is 4.06. The summed E-state index contributed by atoms with van der Waals surface area (Å²) >= 11 is 0. The van der Waals surface area contributed by atoms with Gasteiger partial charge in [-0.25, -0.2) is 0 Å². The quantitative estimate of drug-likeness (QED) is 0.419. The van der Waals surface area contributed by atoms with Gasteiger partial charge in [0.05, 0.1) is 12.8 Å². The van der Waals surface area contributed by atoms with Crippen LogP contribution >= 0.6 is 0 Å². The van der Waals surface area contributed by atoms with E-state index >= 15 is 0 Å². The highest BCUT2D eigenvalue weighted by molar-refractivity contribution is 5.98. The van der Waals surface area contributed by atoms with Crippen LogP contribution in [-0.2, 0) is 4.84 Å². The van der Waals surface area contributed by atoms with Crippen molar-refractivity contribution < 1.29 is 9.57 Å². The van der Waals surface area contributed by atoms with Gasteiger partial charge in [0.25, 0.3) is 0 Å². The Balaban J connectivity index is 2.54. The van der Waals surface area contributed by atoms with Crippen molar-refractivity contribution in [2.24, 2.45) is 5.16 Å². The second-order valence-electron chi connectivity index (χ2n) is 3.59. The Morgan fingerprint density at radius 3 is 2.50 bits per heavy atom. The molecular weight excluding hydrogens is 202 g/mol. The Morgan fingerprint density at radius 1 is 1.25 bits per heavy atom. The van der Waals surface area contributed by atoms with Gasteiger partial charge in [-0.3, -0.25) is 0 Å². The van der Waals surface area contributed by atoms with Gasteiger partial charge in [0.15, 0.2) is 0 Å². The Labute approximate surface area is 97.1 Å². The van der Waals surface area contributed by atoms with Crippen molar-refractivity contribution in [3.8, 4) is 5.75 Å². The highest BCUT2D eigenvalue weighted by atomic mass is 16.6. The first kappa shape index (κ1) is 12.6. The molecular formula is C13H19NO2. The maximum absolute atomic E-state index is 5.20. The molecule has 1 aromatic rings. The molecule has 0 atom stereocenters. The Morgan fingerprint density at radius 2 is 1.94 bits per heavy atom. The van der Waals surface area contributed by atoms with Crippen LogP contribution in [0.2, 0.25) is 0 Å². The molecule has 0 spiro atoms. The summed E-state index contributed by atoms with van der Waals surface area (Å²) in [6.07, 6.45) is 2.16. The number of nitrogens with zero attached hydrogens (tertiary/aromatic N) is 1. The molecule has 0 unspecified atom stereocenters. The predicted octanol–water partition coefficient (Wildman–Crippen LogP) is 3.24. The lowest BCUT2D eigenvalue weighted by Crippen LogP contribution is -1.97. The van der Waals surface area contributed by atoms with Crippen molar-refractivity contribution in [3.05, 3.63) is 29.8 Å². The zero-order chi connectivity index (χ0) is 11.8. The van der Waals surface area contributed by atoms with Gasteiger partial charge in [-0.2, -0.15) is 0 Å². The molecule has 3 heteroatoms. The lowest BCUT2D eigenvalue weighted by atomic mass is 10.1. The largest absolute Gasteiger partial charge is 0.497 e. The van der Waals surface area contributed by atoms with E-state index in [2.05, 4.69) is 12.1 Å². The van der Waals surface area contributed by atoms with Gasteiger partial charge in [-0.1, -0.05) is 18.5 Å². The Bertz CT molecular complexity index is 330. The lowest BCUT2D eigenvalue weighted by Gasteiger charge is -2.03. The van der Waals surface area contributed by atoms with E-state index in [4.69, 9.17) is 9.57 Å². The highest BCUT2D eigenvalue weighted by Gasteiger charge is 1.98. The summed E-state index contributed by atoms with van der Waals surface area (Å²) in [5.74, 6) is 0.850. The molecule has 0 aliphatic rings. The molecule has 1 aromatic carbocycles. The second-order valence-corrected chi connectivity index (χ2v) is 3.59. The molecule has 0 aromatic heterocycles. The highest BCUT2D eigenvalue weighted by Crippen LogP contribution is 2.12. The van der Waals surface area contributed by atoms with E-state index in [1.807, 2.05) is 31.2 Å². The third kappa shape index (κ3) is 3.93. The van der Waals surface area contributed by atoms with E-state index in [9.17, 15) is 0 Å². The van der Waals surface area contributed by atoms with Gasteiger partial charge in [0.2, 0.25) is 0 Å². The number of hydrogen-bond donors (Lipinski definition) is 0. The average molecular weight is 221 g/mol. The summed E-state index contributed by atoms with van der Waals surface area (Å²) in [4.78, 5) is 5.20. The Hall–Kier alpha value is -1.51. The van der Waals surface area contributed by atoms with Crippen molar-refractivity contribution in [3.63, 3.8) is 0 Å². The van der Waals surface area contributed by atoms with Crippen molar-refractivity contribution in [1.82, 2.24) is 0 Å². The van der Waals surface area contributed by atoms with Crippen molar-refractivity contribution >= 4 is 5.71 Å². The summed E-state index contributed by atoms with van der Waals surface area (Å²) in [7, 11) is 1.66. The van der Waals surface area contributed by atoms with Gasteiger partial charge in [0, 0.05) is 0 Å². The molecule has 16 heavy (non-hydrogen) atoms. The van der Waals surface area contributed by atoms with Crippen LogP contribution in [0.4, 0.5) is 0 Å². The monoisotopic (exact) mass is 221 g/mol. The fraction of sp³-hybridized carbons (Fsp3) is 0.462. The van der Waals surface area contributed by atoms with Gasteiger partial charge < -0.3 is 9.57 Å². The molecule has 0 saturated heterocycles. The van der Waals surface area contributed by atoms with Crippen molar-refractivity contribution in [2.75, 3.05) is 13.7 Å². The van der Waals surface area contributed by atoms with Crippen LogP contribution in [0.25, 0.3) is 0 Å². The number of unbranched alkanes of at least 4 members (excludes halogenated alkanes) is 1. The lowest BCUT2D eigenvalue weighted by molar-refractivity contribution is 0.141. The van der Waals surface area contributed by atoms with Crippen molar-refractivity contribution in [2.45, 2.75) is 26.7 Å². The third-order valence-electron chi connectivity index (χ3n) is 2.30. The molecule has 3 nitrogen and oxygen atoms in total. The van der Waals surface area contributed by atoms with Gasteiger partial charge in [-0.15, -0.1) is 0 Å². The van der Waals surface area contributed by atoms with E-state index in [-0.39, 0.29) is 0 Å². The minimum absolute atomic E-state index is 0.685. The van der Waals surface area contributed by atoms with E-state index in [0.29, 0.717) is 6.61 Å². The summed E-state index contributed by atoms with van der Waals surface area (Å²) in [6.45, 7) is 4.75. The van der Waals surface area contributed by atoms with Crippen LogP contribution in [0.3, 0.4) is 0 Å². The third-order valence-corrected chi connectivity index (χ3v) is 2.30. The van der Waals surface area contributed by atoms with Crippen LogP contribution in [0.5, 0.6) is 5.75 Å². The summed E-state index contributed by atoms with van der Waals surface area (Å²) < 4.78 is 5.09. The van der Waals surface area contributed by atoms with Gasteiger partial charge >= 0.3 is 0 Å². The molecule has 0 amide bonds. The molecule has 0 heterocycles. The number of oxime groups is 1. The van der Waals surface area contributed by atoms with E-state index < -0.39 is 0 Å². The molecule has 0 aliphatic carbocycles. The number of rotatable bonds is 6. The molecule has 0 fully saturated rings. The summed E-state index contributed by atoms with van der Waals surface area (Å²) in [6, 6.07) is 7.78. The SMILES string of the molecule is CCCCO/N=C(\C)c1ccc(OC)cc1. The molecule has 0 bridgehead atoms. The first-order valence-corrected chi connectivity index (χ1v) is 5.59. The zero-order valence-corrected chi connectivity index (χ0v) is 10.2. The van der Waals surface area contributed by atoms with E-state index in [0.717, 1.165) is 29.9 Å². The van der Waals surface area contributed by atoms with Gasteiger partial charge in [0.1, 0.15) is 12.4 Å². The van der Waals surface area contributed by atoms with Crippen LogP contribution in [0.1, 0.15) is 32.3 Å². The maximum Gasteiger partial charge on any atom is 0.118 e. The van der Waals surface area contributed by atoms with Crippen LogP contribution in [0, 0.1) is 0 Å². The number of hydrogen-bond acceptors (Lipinski definition) is 3. The molecule has 0 N–H and O–H groups in total. The maximum atomic E-state index is 5.20. The van der Waals surface area contributed by atoms with Crippen LogP contribution in [0.15, 0.2) is 29.4 Å². The first-order chi connectivity index (χ1) is 7.77. The second kappa shape index (κ2) is 6.88. The Kier molecular flexibility index (Phi) is 5.40. The van der Waals surface area contributed by atoms with E-state index in [1.165, 1.54) is 0 Å². The zero-order valence-electron chi connectivity index (χ0n) is 10.2. The number of methoxy groups -OCH3 is 1. The smallest absolute Gasteiger partial charge is 0.118 e. The predicted molar refractivity (Wildman–Crippen MR) is 66.1 cm³/mol. The number of benzene rings is 1. The van der Waals surface area contributed by atoms with Crippen LogP contribution < -0.4 is 4.74 Å². The molecule has 1 rings (SSSR count). The van der Waals surface area contributed by atoms with E-state index in [1.54, 1.807) is 7.11 Å².